The molecule has 1 aliphatic heterocycles. The first-order valence-corrected chi connectivity index (χ1v) is 4.10. The summed E-state index contributed by atoms with van der Waals surface area (Å²) < 4.78 is 5.55. The van der Waals surface area contributed by atoms with E-state index in [1.165, 1.54) is 0 Å². The first kappa shape index (κ1) is 7.40. The zero-order chi connectivity index (χ0) is 8.55. The Morgan fingerprint density at radius 1 is 1.67 bits per heavy atom. The molecule has 1 aromatic heterocycles. The molecule has 12 heavy (non-hydrogen) atoms. The molecule has 64 valence electrons. The first-order valence-electron chi connectivity index (χ1n) is 4.10. The predicted octanol–water partition coefficient (Wildman–Crippen LogP) is 1.30. The largest absolute Gasteiger partial charge is 0.471 e. The van der Waals surface area contributed by atoms with Gasteiger partial charge in [0, 0.05) is 13.2 Å². The van der Waals surface area contributed by atoms with Crippen LogP contribution in [0.4, 0.5) is 5.69 Å². The van der Waals surface area contributed by atoms with Crippen LogP contribution in [0.5, 0.6) is 5.88 Å². The summed E-state index contributed by atoms with van der Waals surface area (Å²) in [6, 6.07) is 3.95. The van der Waals surface area contributed by atoms with Crippen LogP contribution in [0.3, 0.4) is 0 Å². The van der Waals surface area contributed by atoms with Crippen LogP contribution in [0.15, 0.2) is 18.3 Å². The van der Waals surface area contributed by atoms with Crippen LogP contribution in [-0.2, 0) is 0 Å². The molecule has 0 aliphatic carbocycles. The van der Waals surface area contributed by atoms with Crippen molar-refractivity contribution in [3.05, 3.63) is 18.3 Å². The highest BCUT2D eigenvalue weighted by atomic mass is 16.5. The molecule has 0 amide bonds. The number of anilines is 1. The first-order chi connectivity index (χ1) is 5.77. The fourth-order valence-electron chi connectivity index (χ4n) is 1.48. The summed E-state index contributed by atoms with van der Waals surface area (Å²) in [5, 5.41) is 0. The fourth-order valence-corrected chi connectivity index (χ4v) is 1.48. The molecule has 0 fully saturated rings. The van der Waals surface area contributed by atoms with E-state index in [2.05, 4.69) is 16.9 Å². The average molecular weight is 164 g/mol. The van der Waals surface area contributed by atoms with Crippen LogP contribution in [0.1, 0.15) is 6.92 Å². The van der Waals surface area contributed by atoms with E-state index >= 15 is 0 Å². The van der Waals surface area contributed by atoms with Crippen LogP contribution in [0.25, 0.3) is 0 Å². The second-order valence-corrected chi connectivity index (χ2v) is 3.14. The van der Waals surface area contributed by atoms with Crippen molar-refractivity contribution >= 4 is 5.69 Å². The van der Waals surface area contributed by atoms with Crippen LogP contribution in [-0.4, -0.2) is 24.7 Å². The second-order valence-electron chi connectivity index (χ2n) is 3.14. The van der Waals surface area contributed by atoms with E-state index in [4.69, 9.17) is 4.74 Å². The summed E-state index contributed by atoms with van der Waals surface area (Å²) in [7, 11) is 2.06. The molecule has 1 aliphatic rings. The van der Waals surface area contributed by atoms with Crippen LogP contribution < -0.4 is 9.64 Å². The van der Waals surface area contributed by atoms with E-state index in [0.717, 1.165) is 18.1 Å². The molecule has 0 aromatic carbocycles. The number of pyridine rings is 1. The van der Waals surface area contributed by atoms with E-state index in [1.54, 1.807) is 6.20 Å². The van der Waals surface area contributed by atoms with Gasteiger partial charge in [-0.25, -0.2) is 4.98 Å². The van der Waals surface area contributed by atoms with Crippen molar-refractivity contribution in [3.8, 4) is 5.88 Å². The molecule has 1 aromatic rings. The molecule has 3 nitrogen and oxygen atoms in total. The minimum atomic E-state index is 0.234. The van der Waals surface area contributed by atoms with E-state index in [9.17, 15) is 0 Å². The molecule has 0 N–H and O–H groups in total. The minimum absolute atomic E-state index is 0.234. The Bertz CT molecular complexity index is 288. The number of nitrogens with zero attached hydrogens (tertiary/aromatic N) is 2. The van der Waals surface area contributed by atoms with Gasteiger partial charge in [0.15, 0.2) is 0 Å². The molecule has 0 saturated carbocycles. The third-order valence-electron chi connectivity index (χ3n) is 2.01. The second kappa shape index (κ2) is 2.66. The van der Waals surface area contributed by atoms with Crippen LogP contribution in [0, 0.1) is 0 Å². The van der Waals surface area contributed by atoms with Crippen molar-refractivity contribution in [2.24, 2.45) is 0 Å². The summed E-state index contributed by atoms with van der Waals surface area (Å²) in [5.41, 5.74) is 1.08. The lowest BCUT2D eigenvalue weighted by atomic mass is 10.2. The summed E-state index contributed by atoms with van der Waals surface area (Å²) in [6.45, 7) is 2.98. The van der Waals surface area contributed by atoms with Gasteiger partial charge in [0.1, 0.15) is 6.10 Å². The van der Waals surface area contributed by atoms with Crippen molar-refractivity contribution in [1.82, 2.24) is 4.98 Å². The number of aromatic nitrogens is 1. The third-order valence-corrected chi connectivity index (χ3v) is 2.01. The predicted molar refractivity (Wildman–Crippen MR) is 47.6 cm³/mol. The maximum absolute atomic E-state index is 5.55. The van der Waals surface area contributed by atoms with Gasteiger partial charge in [0.25, 0.3) is 0 Å². The monoisotopic (exact) mass is 164 g/mol. The lowest BCUT2D eigenvalue weighted by molar-refractivity contribution is 0.206. The summed E-state index contributed by atoms with van der Waals surface area (Å²) in [5.74, 6) is 0.749. The lowest BCUT2D eigenvalue weighted by Crippen LogP contribution is -2.35. The van der Waals surface area contributed by atoms with Gasteiger partial charge in [-0.05, 0) is 19.1 Å². The summed E-state index contributed by atoms with van der Waals surface area (Å²) in [4.78, 5) is 6.32. The number of rotatable bonds is 0. The maximum atomic E-state index is 5.55. The van der Waals surface area contributed by atoms with E-state index < -0.39 is 0 Å². The van der Waals surface area contributed by atoms with Crippen molar-refractivity contribution in [3.63, 3.8) is 0 Å². The normalized spacial score (nSPS) is 21.5. The van der Waals surface area contributed by atoms with Crippen molar-refractivity contribution < 1.29 is 4.74 Å². The molecule has 3 heteroatoms. The third kappa shape index (κ3) is 1.11. The van der Waals surface area contributed by atoms with E-state index in [0.29, 0.717) is 0 Å². The van der Waals surface area contributed by atoms with Crippen molar-refractivity contribution in [2.45, 2.75) is 13.0 Å². The molecule has 2 heterocycles. The minimum Gasteiger partial charge on any atom is -0.471 e. The molecular formula is C9H12N2O. The summed E-state index contributed by atoms with van der Waals surface area (Å²) >= 11 is 0. The highest BCUT2D eigenvalue weighted by molar-refractivity contribution is 5.55. The number of hydrogen-bond donors (Lipinski definition) is 0. The average Bonchev–Trinajstić information content (AvgIpc) is 2.04. The molecular weight excluding hydrogens is 152 g/mol. The fraction of sp³-hybridized carbons (Fsp3) is 0.444. The molecule has 0 radical (unpaired) electrons. The van der Waals surface area contributed by atoms with Crippen LogP contribution in [0.2, 0.25) is 0 Å². The van der Waals surface area contributed by atoms with Gasteiger partial charge in [0.05, 0.1) is 12.2 Å². The Hall–Kier alpha value is -1.25. The number of hydrogen-bond acceptors (Lipinski definition) is 3. The van der Waals surface area contributed by atoms with E-state index in [1.807, 2.05) is 19.1 Å². The Kier molecular flexibility index (Phi) is 1.64. The van der Waals surface area contributed by atoms with Crippen LogP contribution >= 0.6 is 0 Å². The lowest BCUT2D eigenvalue weighted by Gasteiger charge is -2.30. The Labute approximate surface area is 72.0 Å². The molecule has 0 saturated heterocycles. The number of fused-ring (bicyclic) bond motifs is 1. The van der Waals surface area contributed by atoms with Gasteiger partial charge < -0.3 is 9.64 Å². The van der Waals surface area contributed by atoms with Crippen molar-refractivity contribution in [1.29, 1.82) is 0 Å². The zero-order valence-corrected chi connectivity index (χ0v) is 7.32. The van der Waals surface area contributed by atoms with Gasteiger partial charge in [-0.2, -0.15) is 0 Å². The maximum Gasteiger partial charge on any atom is 0.237 e. The summed E-state index contributed by atoms with van der Waals surface area (Å²) in [6.07, 6.45) is 1.99. The van der Waals surface area contributed by atoms with Gasteiger partial charge in [0.2, 0.25) is 5.88 Å². The molecule has 2 rings (SSSR count). The van der Waals surface area contributed by atoms with Gasteiger partial charge in [-0.1, -0.05) is 0 Å². The molecule has 0 bridgehead atoms. The molecule has 0 spiro atoms. The van der Waals surface area contributed by atoms with E-state index in [-0.39, 0.29) is 6.10 Å². The van der Waals surface area contributed by atoms with Crippen molar-refractivity contribution in [2.75, 3.05) is 18.5 Å². The standard InChI is InChI=1S/C9H12N2O/c1-7-6-11(2)8-4-3-5-10-9(8)12-7/h3-5,7H,6H2,1-2H3/t7-/m1/s1. The molecule has 0 unspecified atom stereocenters. The van der Waals surface area contributed by atoms with Gasteiger partial charge in [-0.15, -0.1) is 0 Å². The number of likely N-dealkylation sites (N-methyl/N-ethyl adjacent to an activating group) is 1. The Morgan fingerprint density at radius 3 is 3.33 bits per heavy atom. The SMILES string of the molecule is C[C@@H]1CN(C)c2cccnc2O1. The topological polar surface area (TPSA) is 25.4 Å². The Morgan fingerprint density at radius 2 is 2.50 bits per heavy atom. The highest BCUT2D eigenvalue weighted by Crippen LogP contribution is 2.28. The molecule has 1 atom stereocenters. The zero-order valence-electron chi connectivity index (χ0n) is 7.32. The highest BCUT2D eigenvalue weighted by Gasteiger charge is 2.20. The van der Waals surface area contributed by atoms with Gasteiger partial charge >= 0.3 is 0 Å². The Balaban J connectivity index is 2.40. The quantitative estimate of drug-likeness (QED) is 0.578. The smallest absolute Gasteiger partial charge is 0.237 e. The van der Waals surface area contributed by atoms with Gasteiger partial charge in [-0.3, -0.25) is 0 Å². The number of ether oxygens (including phenoxy) is 1.